The van der Waals surface area contributed by atoms with E-state index >= 15 is 4.57 Å². The number of nitriles is 2. The summed E-state index contributed by atoms with van der Waals surface area (Å²) in [5.74, 6) is 0.351. The molecule has 22 nitrogen and oxygen atoms in total. The van der Waals surface area contributed by atoms with Crippen molar-refractivity contribution in [3.05, 3.63) is 124 Å². The Morgan fingerprint density at radius 2 is 1.53 bits per heavy atom. The summed E-state index contributed by atoms with van der Waals surface area (Å²) in [4.78, 5) is 47.6. The highest BCUT2D eigenvalue weighted by Gasteiger charge is 2.56. The predicted molar refractivity (Wildman–Crippen MR) is 256 cm³/mol. The maximum atomic E-state index is 15.2. The smallest absolute Gasteiger partial charge is 0.475 e. The van der Waals surface area contributed by atoms with Gasteiger partial charge < -0.3 is 38.5 Å². The van der Waals surface area contributed by atoms with Crippen LogP contribution in [0, 0.1) is 22.7 Å². The summed E-state index contributed by atoms with van der Waals surface area (Å²) in [6.45, 7) is 0.304. The zero-order valence-corrected chi connectivity index (χ0v) is 42.0. The van der Waals surface area contributed by atoms with Crippen LogP contribution in [0.5, 0.6) is 11.5 Å². The van der Waals surface area contributed by atoms with Crippen LogP contribution in [0.4, 0.5) is 4.79 Å². The van der Waals surface area contributed by atoms with Gasteiger partial charge >= 0.3 is 19.5 Å². The van der Waals surface area contributed by atoms with E-state index in [-0.39, 0.29) is 51.2 Å². The molecule has 6 bridgehead atoms. The van der Waals surface area contributed by atoms with Crippen molar-refractivity contribution < 1.29 is 60.5 Å². The van der Waals surface area contributed by atoms with Crippen molar-refractivity contribution >= 4 is 28.3 Å². The summed E-state index contributed by atoms with van der Waals surface area (Å²) >= 11 is 0. The Kier molecular flexibility index (Phi) is 16.5. The van der Waals surface area contributed by atoms with E-state index in [1.54, 1.807) is 57.3 Å². The van der Waals surface area contributed by atoms with Crippen molar-refractivity contribution in [3.63, 3.8) is 0 Å². The monoisotopic (exact) mass is 1030 g/mol. The molecule has 382 valence electrons. The zero-order valence-electron chi connectivity index (χ0n) is 40.2. The van der Waals surface area contributed by atoms with E-state index in [0.717, 1.165) is 0 Å². The topological polar surface area (TPSA) is 271 Å². The van der Waals surface area contributed by atoms with E-state index in [1.807, 2.05) is 66.7 Å². The van der Waals surface area contributed by atoms with Crippen LogP contribution in [-0.4, -0.2) is 122 Å². The number of phosphoric acid groups is 1. The van der Waals surface area contributed by atoms with Gasteiger partial charge in [0.2, 0.25) is 5.91 Å². The lowest BCUT2D eigenvalue weighted by Gasteiger charge is -2.46. The third kappa shape index (κ3) is 11.0. The largest absolute Gasteiger partial charge is 0.497 e. The van der Waals surface area contributed by atoms with Gasteiger partial charge in [-0.2, -0.15) is 15.5 Å². The summed E-state index contributed by atoms with van der Waals surface area (Å²) in [7, 11) is 0.0386. The molecule has 4 aromatic rings. The lowest BCUT2D eigenvalue weighted by atomic mass is 9.80. The standard InChI is InChI=1S/C48H56N8O14P2/c1-47(51)43-36-21-24-55(45(58)52-36)41-27-37(69-71(54(2)3)64-25-9-22-49)40(67-41)30-66-72(60,65-26-10-23-50)70-38-28-42(56(43)46(59)53-44(47)57)68-39(38)29-63-48(31-11-7-6-8-12-31,32-13-17-34(61-4)18-14-32)33-15-19-35(62-5)20-16-33/h6-8,11-21,24,37-43H,9-10,25-30,51H2,1-5H3,(H,53,57,59)/t37-,38-,39+,40+,41?,42+,43-,47+,71?,72?/m0/s1. The molecule has 9 rings (SSSR count). The highest BCUT2D eigenvalue weighted by molar-refractivity contribution is 7.48. The minimum atomic E-state index is -4.76. The molecule has 3 amide bonds. The number of imide groups is 1. The van der Waals surface area contributed by atoms with E-state index < -0.39 is 94.6 Å². The van der Waals surface area contributed by atoms with Crippen molar-refractivity contribution in [2.24, 2.45) is 5.73 Å². The SMILES string of the molecule is COc1ccc(C(OC[C@H]2O[C@@H]3C[C@@H]2OP(=O)(OCCC#N)OC[C@H]2OC(C[C@@H]2OP(OCCC#N)N(C)C)n2ccc(nc2=O)[C@@H]2N3C(=O)NC(=O)[C@]2(C)N)(c2ccccc2)c2ccc(OC)cc2)cc1. The van der Waals surface area contributed by atoms with Crippen molar-refractivity contribution in [2.75, 3.05) is 54.7 Å². The van der Waals surface area contributed by atoms with Gasteiger partial charge in [-0.3, -0.25) is 33.1 Å². The minimum absolute atomic E-state index is 0.0300. The van der Waals surface area contributed by atoms with E-state index in [2.05, 4.69) is 10.3 Å². The zero-order chi connectivity index (χ0) is 51.2. The number of hydrogen-bond donors (Lipinski definition) is 2. The van der Waals surface area contributed by atoms with Crippen molar-refractivity contribution in [3.8, 4) is 23.6 Å². The molecule has 3 aromatic carbocycles. The van der Waals surface area contributed by atoms with Gasteiger partial charge in [-0.1, -0.05) is 54.6 Å². The van der Waals surface area contributed by atoms with Gasteiger partial charge in [0.15, 0.2) is 0 Å². The van der Waals surface area contributed by atoms with E-state index in [9.17, 15) is 24.9 Å². The molecule has 5 aliphatic heterocycles. The van der Waals surface area contributed by atoms with Crippen LogP contribution in [0.2, 0.25) is 0 Å². The maximum absolute atomic E-state index is 15.2. The number of fused-ring (bicyclic) bond motifs is 5. The quantitative estimate of drug-likeness (QED) is 0.0746. The fourth-order valence-corrected chi connectivity index (χ4v) is 11.6. The molecule has 6 heterocycles. The number of aromatic nitrogens is 2. The molecule has 24 heteroatoms. The first-order chi connectivity index (χ1) is 34.6. The van der Waals surface area contributed by atoms with Gasteiger partial charge in [0, 0.05) is 19.0 Å². The van der Waals surface area contributed by atoms with Crippen LogP contribution in [0.3, 0.4) is 0 Å². The van der Waals surface area contributed by atoms with Gasteiger partial charge in [0.05, 0.1) is 77.4 Å². The van der Waals surface area contributed by atoms with Gasteiger partial charge in [-0.15, -0.1) is 0 Å². The lowest BCUT2D eigenvalue weighted by Crippen LogP contribution is -2.70. The van der Waals surface area contributed by atoms with Crippen LogP contribution in [0.25, 0.3) is 0 Å². The number of nitrogens with one attached hydrogen (secondary N) is 1. The Balaban J connectivity index is 1.24. The van der Waals surface area contributed by atoms with Crippen LogP contribution < -0.4 is 26.2 Å². The molecule has 0 radical (unpaired) electrons. The van der Waals surface area contributed by atoms with Crippen LogP contribution >= 0.6 is 16.3 Å². The van der Waals surface area contributed by atoms with Crippen LogP contribution in [-0.2, 0) is 51.8 Å². The molecule has 0 aliphatic carbocycles. The molecule has 3 saturated heterocycles. The first-order valence-electron chi connectivity index (χ1n) is 23.0. The number of nitrogens with zero attached hydrogens (tertiary/aromatic N) is 6. The molecule has 0 saturated carbocycles. The second-order valence-electron chi connectivity index (χ2n) is 17.5. The van der Waals surface area contributed by atoms with E-state index in [0.29, 0.717) is 28.2 Å². The van der Waals surface area contributed by atoms with Crippen molar-refractivity contribution in [2.45, 2.75) is 86.7 Å². The predicted octanol–water partition coefficient (Wildman–Crippen LogP) is 5.54. The molecule has 5 aliphatic rings. The molecule has 3 N–H and O–H groups in total. The molecule has 10 atom stereocenters. The number of rotatable bonds is 17. The van der Waals surface area contributed by atoms with Crippen molar-refractivity contribution in [1.82, 2.24) is 24.4 Å². The average Bonchev–Trinajstić information content (AvgIpc) is 3.97. The van der Waals surface area contributed by atoms with Crippen molar-refractivity contribution in [1.29, 1.82) is 10.5 Å². The minimum Gasteiger partial charge on any atom is -0.497 e. The number of hydrogen-bond acceptors (Lipinski definition) is 19. The fraction of sp³-hybridized carbons (Fsp3) is 0.458. The molecule has 3 fully saturated rings. The van der Waals surface area contributed by atoms with Gasteiger partial charge in [-0.05, 0) is 68.0 Å². The number of phosphoric ester groups is 1. The Labute approximate surface area is 417 Å². The Morgan fingerprint density at radius 1 is 0.889 bits per heavy atom. The molecule has 1 aromatic heterocycles. The maximum Gasteiger partial charge on any atom is 0.475 e. The molecular formula is C48H56N8O14P2. The third-order valence-corrected chi connectivity index (χ3v) is 15.6. The number of benzene rings is 3. The summed E-state index contributed by atoms with van der Waals surface area (Å²) in [5, 5.41) is 21.0. The number of carbonyl (C=O) groups is 2. The number of nitrogens with two attached hydrogens (primary N) is 1. The number of methoxy groups -OCH3 is 2. The number of ether oxygens (including phenoxy) is 5. The summed E-state index contributed by atoms with van der Waals surface area (Å²) < 4.78 is 80.4. The second kappa shape index (κ2) is 22.6. The van der Waals surface area contributed by atoms with Crippen LogP contribution in [0.1, 0.15) is 67.3 Å². The fourth-order valence-electron chi connectivity index (χ4n) is 9.07. The average molecular weight is 1030 g/mol. The Morgan fingerprint density at radius 3 is 2.14 bits per heavy atom. The summed E-state index contributed by atoms with van der Waals surface area (Å²) in [5.41, 5.74) is 4.76. The molecule has 0 spiro atoms. The third-order valence-electron chi connectivity index (χ3n) is 12.6. The normalized spacial score (nSPS) is 27.7. The highest BCUT2D eigenvalue weighted by atomic mass is 31.2. The number of carbonyl (C=O) groups excluding carboxylic acids is 2. The van der Waals surface area contributed by atoms with Crippen LogP contribution in [0.15, 0.2) is 95.9 Å². The van der Waals surface area contributed by atoms with E-state index in [4.69, 9.17) is 52.0 Å². The number of amides is 3. The first-order valence-corrected chi connectivity index (χ1v) is 25.6. The molecule has 72 heavy (non-hydrogen) atoms. The highest BCUT2D eigenvalue weighted by Crippen LogP contribution is 2.55. The summed E-state index contributed by atoms with van der Waals surface area (Å²) in [6, 6.07) is 27.3. The van der Waals surface area contributed by atoms with Gasteiger partial charge in [0.25, 0.3) is 8.53 Å². The Bertz CT molecular complexity index is 2690. The Hall–Kier alpha value is -5.68. The van der Waals surface area contributed by atoms with E-state index in [1.165, 1.54) is 28.7 Å². The first kappa shape index (κ1) is 52.6. The lowest BCUT2D eigenvalue weighted by molar-refractivity contribution is -0.139. The molecular weight excluding hydrogens is 975 g/mol. The summed E-state index contributed by atoms with van der Waals surface area (Å²) in [6.07, 6.45) is -5.58. The number of urea groups is 1. The van der Waals surface area contributed by atoms with Gasteiger partial charge in [-0.25, -0.2) is 18.8 Å². The second-order valence-corrected chi connectivity index (χ2v) is 20.9. The molecule has 3 unspecified atom stereocenters. The van der Waals surface area contributed by atoms with Gasteiger partial charge in [0.1, 0.15) is 59.4 Å².